The van der Waals surface area contributed by atoms with Gasteiger partial charge < -0.3 is 11.1 Å². The first kappa shape index (κ1) is 14.6. The van der Waals surface area contributed by atoms with Gasteiger partial charge in [-0.2, -0.15) is 0 Å². The number of nitrogens with one attached hydrogen (secondary N) is 1. The molecule has 1 unspecified atom stereocenters. The summed E-state index contributed by atoms with van der Waals surface area (Å²) < 4.78 is 0. The van der Waals surface area contributed by atoms with Crippen LogP contribution < -0.4 is 11.1 Å². The predicted octanol–water partition coefficient (Wildman–Crippen LogP) is 3.89. The van der Waals surface area contributed by atoms with E-state index in [4.69, 9.17) is 5.73 Å². The van der Waals surface area contributed by atoms with Gasteiger partial charge >= 0.3 is 0 Å². The summed E-state index contributed by atoms with van der Waals surface area (Å²) in [6.45, 7) is 3.95. The third-order valence-electron chi connectivity index (χ3n) is 5.27. The maximum absolute atomic E-state index is 12.0. The summed E-state index contributed by atoms with van der Waals surface area (Å²) in [7, 11) is 0. The van der Waals surface area contributed by atoms with Gasteiger partial charge in [0.05, 0.1) is 5.41 Å². The third-order valence-corrected chi connectivity index (χ3v) is 5.27. The highest BCUT2D eigenvalue weighted by Gasteiger charge is 2.38. The summed E-state index contributed by atoms with van der Waals surface area (Å²) in [5, 5.41) is 2.96. The summed E-state index contributed by atoms with van der Waals surface area (Å²) in [6.07, 6.45) is 7.81. The quantitative estimate of drug-likeness (QED) is 0.885. The molecule has 3 rings (SSSR count). The second-order valence-corrected chi connectivity index (χ2v) is 7.23. The summed E-state index contributed by atoms with van der Waals surface area (Å²) in [5.41, 5.74) is 9.19. The van der Waals surface area contributed by atoms with Crippen LogP contribution in [-0.2, 0) is 10.2 Å². The largest absolute Gasteiger partial charge is 0.325 e. The molecule has 1 atom stereocenters. The number of carbonyl (C=O) groups is 1. The number of rotatable bonds is 3. The molecule has 1 amide bonds. The topological polar surface area (TPSA) is 55.1 Å². The minimum absolute atomic E-state index is 0.0792. The lowest BCUT2D eigenvalue weighted by molar-refractivity contribution is -0.119. The van der Waals surface area contributed by atoms with Gasteiger partial charge in [-0.15, -0.1) is 0 Å². The molecule has 3 nitrogen and oxygen atoms in total. The van der Waals surface area contributed by atoms with Gasteiger partial charge in [-0.1, -0.05) is 44.2 Å². The van der Waals surface area contributed by atoms with Gasteiger partial charge in [0.2, 0.25) is 5.91 Å². The zero-order valence-electron chi connectivity index (χ0n) is 13.1. The SMILES string of the molecule is CC1(C)C(=O)Nc2ccc(C(N)CC3CCCCC3)cc21. The molecule has 21 heavy (non-hydrogen) atoms. The van der Waals surface area contributed by atoms with Gasteiger partial charge in [-0.3, -0.25) is 4.79 Å². The number of hydrogen-bond acceptors (Lipinski definition) is 2. The number of nitrogens with two attached hydrogens (primary N) is 1. The van der Waals surface area contributed by atoms with E-state index in [1.807, 2.05) is 19.9 Å². The van der Waals surface area contributed by atoms with Crippen molar-refractivity contribution < 1.29 is 4.79 Å². The van der Waals surface area contributed by atoms with Gasteiger partial charge in [-0.05, 0) is 43.4 Å². The van der Waals surface area contributed by atoms with Gasteiger partial charge in [0.1, 0.15) is 0 Å². The predicted molar refractivity (Wildman–Crippen MR) is 86.2 cm³/mol. The molecule has 0 spiro atoms. The summed E-state index contributed by atoms with van der Waals surface area (Å²) >= 11 is 0. The molecule has 2 aliphatic rings. The summed E-state index contributed by atoms with van der Waals surface area (Å²) in [5.74, 6) is 0.852. The number of hydrogen-bond donors (Lipinski definition) is 2. The minimum atomic E-state index is -0.449. The van der Waals surface area contributed by atoms with Crippen molar-refractivity contribution in [1.82, 2.24) is 0 Å². The smallest absolute Gasteiger partial charge is 0.234 e. The second kappa shape index (κ2) is 5.45. The number of amides is 1. The molecule has 0 saturated heterocycles. The van der Waals surface area contributed by atoms with Crippen LogP contribution in [0.5, 0.6) is 0 Å². The van der Waals surface area contributed by atoms with Crippen LogP contribution >= 0.6 is 0 Å². The van der Waals surface area contributed by atoms with E-state index in [2.05, 4.69) is 17.4 Å². The van der Waals surface area contributed by atoms with Crippen molar-refractivity contribution in [2.24, 2.45) is 11.7 Å². The molecule has 1 aliphatic carbocycles. The third kappa shape index (κ3) is 2.71. The Kier molecular flexibility index (Phi) is 3.78. The van der Waals surface area contributed by atoms with Gasteiger partial charge in [0.15, 0.2) is 0 Å². The Hall–Kier alpha value is -1.35. The summed E-state index contributed by atoms with van der Waals surface area (Å²) in [6, 6.07) is 6.32. The molecule has 3 N–H and O–H groups in total. The van der Waals surface area contributed by atoms with Crippen molar-refractivity contribution in [3.8, 4) is 0 Å². The van der Waals surface area contributed by atoms with E-state index in [1.54, 1.807) is 0 Å². The lowest BCUT2D eigenvalue weighted by atomic mass is 9.81. The van der Waals surface area contributed by atoms with Crippen LogP contribution in [0.3, 0.4) is 0 Å². The molecule has 114 valence electrons. The zero-order chi connectivity index (χ0) is 15.0. The average Bonchev–Trinajstić information content (AvgIpc) is 2.70. The fourth-order valence-electron chi connectivity index (χ4n) is 3.74. The molecule has 1 saturated carbocycles. The van der Waals surface area contributed by atoms with Gasteiger partial charge in [-0.25, -0.2) is 0 Å². The Labute approximate surface area is 127 Å². The molecule has 1 fully saturated rings. The molecular weight excluding hydrogens is 260 g/mol. The maximum Gasteiger partial charge on any atom is 0.234 e. The zero-order valence-corrected chi connectivity index (χ0v) is 13.1. The van der Waals surface area contributed by atoms with Gasteiger partial charge in [0.25, 0.3) is 0 Å². The van der Waals surface area contributed by atoms with E-state index >= 15 is 0 Å². The number of carbonyl (C=O) groups excluding carboxylic acids is 1. The van der Waals surface area contributed by atoms with Crippen LogP contribution in [0.4, 0.5) is 5.69 Å². The minimum Gasteiger partial charge on any atom is -0.325 e. The first-order valence-electron chi connectivity index (χ1n) is 8.20. The van der Waals surface area contributed by atoms with E-state index in [1.165, 1.54) is 37.7 Å². The van der Waals surface area contributed by atoms with Crippen LogP contribution in [-0.4, -0.2) is 5.91 Å². The van der Waals surface area contributed by atoms with Crippen molar-refractivity contribution in [3.05, 3.63) is 29.3 Å². The Morgan fingerprint density at radius 3 is 2.71 bits per heavy atom. The monoisotopic (exact) mass is 286 g/mol. The van der Waals surface area contributed by atoms with Crippen LogP contribution in [0.1, 0.15) is 69.5 Å². The van der Waals surface area contributed by atoms with E-state index in [0.29, 0.717) is 0 Å². The lowest BCUT2D eigenvalue weighted by Gasteiger charge is -2.25. The lowest BCUT2D eigenvalue weighted by Crippen LogP contribution is -2.27. The van der Waals surface area contributed by atoms with E-state index in [0.717, 1.165) is 23.6 Å². The Morgan fingerprint density at radius 2 is 2.00 bits per heavy atom. The highest BCUT2D eigenvalue weighted by molar-refractivity contribution is 6.05. The molecule has 3 heteroatoms. The van der Waals surface area contributed by atoms with Crippen molar-refractivity contribution >= 4 is 11.6 Å². The van der Waals surface area contributed by atoms with Crippen molar-refractivity contribution in [2.75, 3.05) is 5.32 Å². The molecular formula is C18H26N2O. The van der Waals surface area contributed by atoms with Crippen molar-refractivity contribution in [2.45, 2.75) is 63.8 Å². The van der Waals surface area contributed by atoms with E-state index in [9.17, 15) is 4.79 Å². The summed E-state index contributed by atoms with van der Waals surface area (Å²) in [4.78, 5) is 12.0. The molecule has 0 aromatic heterocycles. The van der Waals surface area contributed by atoms with Crippen LogP contribution in [0, 0.1) is 5.92 Å². The molecule has 1 aliphatic heterocycles. The fraction of sp³-hybridized carbons (Fsp3) is 0.611. The number of fused-ring (bicyclic) bond motifs is 1. The highest BCUT2D eigenvalue weighted by Crippen LogP contribution is 2.39. The van der Waals surface area contributed by atoms with Crippen LogP contribution in [0.2, 0.25) is 0 Å². The first-order chi connectivity index (χ1) is 9.98. The van der Waals surface area contributed by atoms with Crippen molar-refractivity contribution in [3.63, 3.8) is 0 Å². The first-order valence-corrected chi connectivity index (χ1v) is 8.20. The Balaban J connectivity index is 1.77. The Morgan fingerprint density at radius 1 is 1.29 bits per heavy atom. The molecule has 1 heterocycles. The molecule has 1 aromatic carbocycles. The van der Waals surface area contributed by atoms with Gasteiger partial charge in [0, 0.05) is 11.7 Å². The van der Waals surface area contributed by atoms with Crippen LogP contribution in [0.15, 0.2) is 18.2 Å². The Bertz CT molecular complexity index is 544. The van der Waals surface area contributed by atoms with Crippen molar-refractivity contribution in [1.29, 1.82) is 0 Å². The highest BCUT2D eigenvalue weighted by atomic mass is 16.2. The number of benzene rings is 1. The molecule has 0 radical (unpaired) electrons. The normalized spacial score (nSPS) is 22.7. The van der Waals surface area contributed by atoms with E-state index in [-0.39, 0.29) is 11.9 Å². The van der Waals surface area contributed by atoms with Crippen LogP contribution in [0.25, 0.3) is 0 Å². The molecule has 1 aromatic rings. The second-order valence-electron chi connectivity index (χ2n) is 7.23. The van der Waals surface area contributed by atoms with E-state index < -0.39 is 5.41 Å². The standard InChI is InChI=1S/C18H26N2O/c1-18(2)14-11-13(8-9-16(14)20-17(18)21)15(19)10-12-6-4-3-5-7-12/h8-9,11-12,15H,3-7,10,19H2,1-2H3,(H,20,21). The fourth-order valence-corrected chi connectivity index (χ4v) is 3.74. The molecule has 0 bridgehead atoms. The maximum atomic E-state index is 12.0. The number of anilines is 1. The average molecular weight is 286 g/mol.